The molecule has 0 saturated heterocycles. The first-order valence-corrected chi connectivity index (χ1v) is 34.0. The van der Waals surface area contributed by atoms with Gasteiger partial charge in [0.25, 0.3) is 0 Å². The molecule has 0 fully saturated rings. The largest absolute Gasteiger partial charge is 0.508 e. The van der Waals surface area contributed by atoms with Crippen LogP contribution in [0.1, 0.15) is 119 Å². The van der Waals surface area contributed by atoms with E-state index in [-0.39, 0.29) is 17.7 Å². The number of ether oxygens (including phenoxy) is 8. The topological polar surface area (TPSA) is 183 Å². The van der Waals surface area contributed by atoms with Crippen LogP contribution in [0.5, 0.6) is 34.5 Å². The Bertz CT molecular complexity index is 3740. The van der Waals surface area contributed by atoms with Crippen LogP contribution in [0.15, 0.2) is 220 Å². The highest BCUT2D eigenvalue weighted by Crippen LogP contribution is 2.38. The molecule has 8 rings (SSSR count). The third-order valence-electron chi connectivity index (χ3n) is 14.2. The molecule has 0 aliphatic heterocycles. The van der Waals surface area contributed by atoms with Gasteiger partial charge >= 0.3 is 23.9 Å². The van der Waals surface area contributed by atoms with Gasteiger partial charge in [-0.1, -0.05) is 199 Å². The Morgan fingerprint density at radius 1 is 0.465 bits per heavy atom. The van der Waals surface area contributed by atoms with Crippen molar-refractivity contribution in [3.8, 4) is 34.5 Å². The van der Waals surface area contributed by atoms with Crippen molar-refractivity contribution in [2.45, 2.75) is 109 Å². The predicted octanol–water partition coefficient (Wildman–Crippen LogP) is 19.9. The normalized spacial score (nSPS) is 11.1. The van der Waals surface area contributed by atoms with Gasteiger partial charge in [-0.2, -0.15) is 0 Å². The van der Waals surface area contributed by atoms with Crippen molar-refractivity contribution in [3.05, 3.63) is 297 Å². The van der Waals surface area contributed by atoms with Gasteiger partial charge in [-0.15, -0.1) is 26.3 Å². The molecule has 3 unspecified atom stereocenters. The summed E-state index contributed by atoms with van der Waals surface area (Å²) in [5.41, 5.74) is 9.46. The second-order valence-corrected chi connectivity index (χ2v) is 24.0. The molecular weight excluding hydrogens is 1380 g/mol. The van der Waals surface area contributed by atoms with Crippen LogP contribution in [0.25, 0.3) is 0 Å². The van der Waals surface area contributed by atoms with Crippen molar-refractivity contribution in [2.75, 3.05) is 27.9 Å². The number of carbonyl (C=O) groups excluding carboxylic acids is 4. The van der Waals surface area contributed by atoms with Crippen LogP contribution in [0.3, 0.4) is 0 Å². The van der Waals surface area contributed by atoms with E-state index in [4.69, 9.17) is 63.2 Å². The molecular formula is C81H88BrCl3O14. The molecule has 0 aliphatic rings. The van der Waals surface area contributed by atoms with E-state index in [1.807, 2.05) is 84.9 Å². The van der Waals surface area contributed by atoms with Crippen molar-refractivity contribution in [2.24, 2.45) is 0 Å². The molecule has 0 saturated carbocycles. The van der Waals surface area contributed by atoms with E-state index in [1.165, 1.54) is 28.3 Å². The molecule has 18 heteroatoms. The molecule has 0 spiro atoms. The maximum absolute atomic E-state index is 12.6. The van der Waals surface area contributed by atoms with E-state index < -0.39 is 29.0 Å². The number of rotatable bonds is 29. The molecule has 8 aromatic rings. The van der Waals surface area contributed by atoms with Gasteiger partial charge < -0.3 is 48.1 Å². The summed E-state index contributed by atoms with van der Waals surface area (Å²) in [6.45, 7) is 23.9. The summed E-state index contributed by atoms with van der Waals surface area (Å²) in [4.78, 5) is 45.5. The third-order valence-corrected chi connectivity index (χ3v) is 15.9. The summed E-state index contributed by atoms with van der Waals surface area (Å²) >= 11 is 20.9. The molecule has 0 bridgehead atoms. The number of allylic oxidation sites excluding steroid dienone is 4. The number of alkyl halides is 1. The summed E-state index contributed by atoms with van der Waals surface area (Å²) in [5, 5.41) is 22.1. The Balaban J connectivity index is 0.000000283. The maximum atomic E-state index is 12.6. The van der Waals surface area contributed by atoms with Crippen LogP contribution >= 0.6 is 50.7 Å². The number of aromatic hydroxyl groups is 2. The van der Waals surface area contributed by atoms with Gasteiger partial charge in [-0.25, -0.2) is 9.59 Å². The number of phenolic OH excluding ortho intramolecular Hbond substituents is 2. The van der Waals surface area contributed by atoms with Crippen molar-refractivity contribution in [3.63, 3.8) is 0 Å². The quantitative estimate of drug-likeness (QED) is 0.0195. The first-order chi connectivity index (χ1) is 47.7. The van der Waals surface area contributed by atoms with Crippen LogP contribution in [-0.2, 0) is 89.9 Å². The molecule has 14 nitrogen and oxygen atoms in total. The zero-order chi connectivity index (χ0) is 72.7. The molecule has 99 heavy (non-hydrogen) atoms. The lowest BCUT2D eigenvalue weighted by Crippen LogP contribution is -2.21. The maximum Gasteiger partial charge on any atom is 0.351 e. The molecule has 3 atom stereocenters. The fourth-order valence-electron chi connectivity index (χ4n) is 9.59. The summed E-state index contributed by atoms with van der Waals surface area (Å²) in [5.74, 6) is 1.71. The van der Waals surface area contributed by atoms with Crippen molar-refractivity contribution < 1.29 is 67.3 Å². The van der Waals surface area contributed by atoms with Crippen LogP contribution < -0.4 is 18.9 Å². The molecule has 0 radical (unpaired) electrons. The van der Waals surface area contributed by atoms with Crippen molar-refractivity contribution in [1.82, 2.24) is 0 Å². The SMILES string of the molecule is C=CCc1cc(OCc2ccccc2)cc(CC=C)c1O.C=CCc1cc(OCc2ccccc2)cc(CC=C)c1OC(C(=O)OC)c1ccc(Cl)cc1.CCCc1cc(O)cc(CCC)c1OC(C(=O)OC)c1ccc(Cl)cc1.CCOC(C)=O.COC(=O)C(Br)c1ccc(Cl)cc1. The van der Waals surface area contributed by atoms with Gasteiger partial charge in [0.05, 0.1) is 27.9 Å². The number of aryl methyl sites for hydroxylation is 2. The van der Waals surface area contributed by atoms with Gasteiger partial charge in [-0.3, -0.25) is 9.59 Å². The number of benzene rings is 8. The first kappa shape index (κ1) is 82.2. The van der Waals surface area contributed by atoms with Crippen molar-refractivity contribution >= 4 is 74.6 Å². The number of esters is 4. The summed E-state index contributed by atoms with van der Waals surface area (Å²) in [7, 11) is 4.03. The van der Waals surface area contributed by atoms with Crippen LogP contribution in [-0.4, -0.2) is 62.0 Å². The van der Waals surface area contributed by atoms with E-state index >= 15 is 0 Å². The van der Waals surface area contributed by atoms with Crippen LogP contribution in [0, 0.1) is 0 Å². The zero-order valence-corrected chi connectivity index (χ0v) is 61.0. The Kier molecular flexibility index (Phi) is 37.6. The lowest BCUT2D eigenvalue weighted by Gasteiger charge is -2.22. The van der Waals surface area contributed by atoms with E-state index in [0.29, 0.717) is 94.7 Å². The van der Waals surface area contributed by atoms with Crippen LogP contribution in [0.4, 0.5) is 0 Å². The van der Waals surface area contributed by atoms with Gasteiger partial charge in [0.15, 0.2) is 0 Å². The number of halogens is 4. The zero-order valence-electron chi connectivity index (χ0n) is 57.1. The number of hydrogen-bond donors (Lipinski definition) is 2. The lowest BCUT2D eigenvalue weighted by atomic mass is 10.0. The van der Waals surface area contributed by atoms with Gasteiger partial charge in [0.2, 0.25) is 12.2 Å². The number of methoxy groups -OCH3 is 3. The fraction of sp³-hybridized carbons (Fsp3) is 0.259. The number of hydrogen-bond acceptors (Lipinski definition) is 14. The Morgan fingerprint density at radius 3 is 1.11 bits per heavy atom. The minimum Gasteiger partial charge on any atom is -0.508 e. The minimum atomic E-state index is -0.949. The summed E-state index contributed by atoms with van der Waals surface area (Å²) in [6, 6.07) is 51.8. The molecule has 0 amide bonds. The number of phenols is 2. The monoisotopic (exact) mass is 1470 g/mol. The Hall–Kier alpha value is -9.25. The smallest absolute Gasteiger partial charge is 0.351 e. The summed E-state index contributed by atoms with van der Waals surface area (Å²) < 4.78 is 43.3. The van der Waals surface area contributed by atoms with Gasteiger partial charge in [0.1, 0.15) is 52.5 Å². The Labute approximate surface area is 606 Å². The third kappa shape index (κ3) is 28.3. The highest BCUT2D eigenvalue weighted by molar-refractivity contribution is 9.09. The molecule has 0 heterocycles. The van der Waals surface area contributed by atoms with E-state index in [0.717, 1.165) is 81.5 Å². The van der Waals surface area contributed by atoms with Crippen molar-refractivity contribution in [1.29, 1.82) is 0 Å². The second-order valence-electron chi connectivity index (χ2n) is 21.8. The molecule has 2 N–H and O–H groups in total. The molecule has 8 aromatic carbocycles. The minimum absolute atomic E-state index is 0.211. The standard InChI is InChI=1S/C28H27ClO4.C21H25ClO4.C19H20O2.C9H8BrClO2.C4H8O2/c1-4-9-22-17-25(32-19-20-11-7-6-8-12-20)18-23(10-5-2)26(22)33-27(28(30)31-3)21-13-15-24(29)16-14-21;1-4-6-15-12-18(23)13-16(7-5-2)19(15)26-20(21(24)25-3)14-8-10-17(22)11-9-14;1-3-8-16-12-18(13-17(9-4-2)19(16)20)21-14-15-10-6-5-7-11-15;1-13-9(12)8(10)6-2-4-7(11)5-3-6;1-3-6-4(2)5/h4-8,11-18,27H,1-2,9-10,19H2,3H3;8-13,20,23H,4-7H2,1-3H3;3-7,10-13,20H,1-2,8-9,14H2;2-5,8H,1H3;3H2,1-2H3. The second kappa shape index (κ2) is 45.4. The van der Waals surface area contributed by atoms with Crippen LogP contribution in [0.2, 0.25) is 15.1 Å². The highest BCUT2D eigenvalue weighted by atomic mass is 79.9. The predicted molar refractivity (Wildman–Crippen MR) is 399 cm³/mol. The highest BCUT2D eigenvalue weighted by Gasteiger charge is 2.28. The van der Waals surface area contributed by atoms with E-state index in [1.54, 1.807) is 116 Å². The summed E-state index contributed by atoms with van der Waals surface area (Å²) in [6.07, 6.45) is 10.9. The fourth-order valence-corrected chi connectivity index (χ4v) is 10.5. The average molecular weight is 1470 g/mol. The molecule has 524 valence electrons. The average Bonchev–Trinajstić information content (AvgIpc) is 0.817. The van der Waals surface area contributed by atoms with Gasteiger partial charge in [-0.05, 0) is 146 Å². The number of carbonyl (C=O) groups is 4. The Morgan fingerprint density at radius 2 is 0.798 bits per heavy atom. The first-order valence-electron chi connectivity index (χ1n) is 31.9. The van der Waals surface area contributed by atoms with Gasteiger partial charge in [0, 0.05) is 55.4 Å². The van der Waals surface area contributed by atoms with E-state index in [9.17, 15) is 29.4 Å². The molecule has 0 aliphatic carbocycles. The van der Waals surface area contributed by atoms with E-state index in [2.05, 4.69) is 65.6 Å². The molecule has 0 aromatic heterocycles. The lowest BCUT2D eigenvalue weighted by molar-refractivity contribution is -0.150.